The minimum Gasteiger partial charge on any atom is -0.872 e. The van der Waals surface area contributed by atoms with Gasteiger partial charge in [-0.3, -0.25) is 15.1 Å². The number of nitro groups is 1. The Morgan fingerprint density at radius 2 is 2.08 bits per heavy atom. The van der Waals surface area contributed by atoms with Crippen molar-refractivity contribution in [3.05, 3.63) is 56.3 Å². The highest BCUT2D eigenvalue weighted by Gasteiger charge is 2.29. The predicted molar refractivity (Wildman–Crippen MR) is 99.4 cm³/mol. The van der Waals surface area contributed by atoms with E-state index in [-0.39, 0.29) is 23.0 Å². The number of likely N-dealkylation sites (N-methyl/N-ethyl adjacent to an activating group) is 1. The van der Waals surface area contributed by atoms with Crippen molar-refractivity contribution < 1.29 is 19.8 Å². The number of rotatable bonds is 6. The highest BCUT2D eigenvalue weighted by molar-refractivity contribution is 7.10. The van der Waals surface area contributed by atoms with E-state index < -0.39 is 4.92 Å². The van der Waals surface area contributed by atoms with Crippen molar-refractivity contribution in [2.75, 3.05) is 39.8 Å². The zero-order valence-corrected chi connectivity index (χ0v) is 15.5. The molecule has 0 aliphatic carbocycles. The van der Waals surface area contributed by atoms with Gasteiger partial charge in [-0.25, -0.2) is 0 Å². The normalized spacial score (nSPS) is 21.7. The molecule has 1 aromatic carbocycles. The van der Waals surface area contributed by atoms with Gasteiger partial charge in [-0.2, -0.15) is 0 Å². The summed E-state index contributed by atoms with van der Waals surface area (Å²) >= 11 is 1.73. The zero-order chi connectivity index (χ0) is 18.5. The summed E-state index contributed by atoms with van der Waals surface area (Å²) in [5.41, 5.74) is 0.176. The van der Waals surface area contributed by atoms with Crippen molar-refractivity contribution in [2.24, 2.45) is 4.99 Å². The fourth-order valence-electron chi connectivity index (χ4n) is 3.26. The molecular formula is C18H23N4O3S+. The number of nitrogens with one attached hydrogen (secondary N) is 2. The third-order valence-corrected chi connectivity index (χ3v) is 5.83. The van der Waals surface area contributed by atoms with Crippen LogP contribution in [0.25, 0.3) is 0 Å². The second kappa shape index (κ2) is 8.39. The molecule has 1 aliphatic rings. The zero-order valence-electron chi connectivity index (χ0n) is 14.7. The van der Waals surface area contributed by atoms with E-state index in [1.165, 1.54) is 34.2 Å². The van der Waals surface area contributed by atoms with E-state index in [0.717, 1.165) is 26.2 Å². The lowest BCUT2D eigenvalue weighted by Crippen LogP contribution is -3.27. The first-order valence-corrected chi connectivity index (χ1v) is 9.57. The lowest BCUT2D eigenvalue weighted by molar-refractivity contribution is -1.02. The van der Waals surface area contributed by atoms with Gasteiger partial charge < -0.3 is 14.9 Å². The molecular weight excluding hydrogens is 352 g/mol. The third-order valence-electron chi connectivity index (χ3n) is 4.85. The summed E-state index contributed by atoms with van der Waals surface area (Å²) in [5, 5.41) is 24.9. The van der Waals surface area contributed by atoms with E-state index in [9.17, 15) is 15.2 Å². The molecule has 26 heavy (non-hydrogen) atoms. The first kappa shape index (κ1) is 18.5. The van der Waals surface area contributed by atoms with Gasteiger partial charge in [0.1, 0.15) is 32.2 Å². The second-order valence-corrected chi connectivity index (χ2v) is 7.64. The maximum atomic E-state index is 11.9. The Kier molecular flexibility index (Phi) is 5.97. The van der Waals surface area contributed by atoms with Crippen LogP contribution in [0, 0.1) is 10.1 Å². The number of non-ortho nitro benzene ring substituents is 1. The monoisotopic (exact) mass is 375 g/mol. The Bertz CT molecular complexity index is 771. The molecule has 1 aliphatic heterocycles. The first-order chi connectivity index (χ1) is 12.5. The summed E-state index contributed by atoms with van der Waals surface area (Å²) < 4.78 is 0. The van der Waals surface area contributed by atoms with Crippen molar-refractivity contribution >= 4 is 23.2 Å². The van der Waals surface area contributed by atoms with Crippen LogP contribution in [0.3, 0.4) is 0 Å². The lowest BCUT2D eigenvalue weighted by atomic mass is 10.1. The molecule has 1 atom stereocenters. The molecule has 7 nitrogen and oxygen atoms in total. The molecule has 0 radical (unpaired) electrons. The summed E-state index contributed by atoms with van der Waals surface area (Å²) in [6, 6.07) is 8.18. The molecule has 0 amide bonds. The van der Waals surface area contributed by atoms with Crippen molar-refractivity contribution in [3.8, 4) is 5.75 Å². The number of quaternary nitrogens is 2. The van der Waals surface area contributed by atoms with Gasteiger partial charge in [-0.15, -0.1) is 11.3 Å². The Hall–Kier alpha value is -2.29. The van der Waals surface area contributed by atoms with Crippen LogP contribution in [0.4, 0.5) is 5.69 Å². The Labute approximate surface area is 156 Å². The van der Waals surface area contributed by atoms with Crippen molar-refractivity contribution in [1.82, 2.24) is 0 Å². The first-order valence-electron chi connectivity index (χ1n) is 8.69. The smallest absolute Gasteiger partial charge is 0.270 e. The van der Waals surface area contributed by atoms with Crippen molar-refractivity contribution in [2.45, 2.75) is 6.04 Å². The van der Waals surface area contributed by atoms with Gasteiger partial charge in [0.15, 0.2) is 0 Å². The molecule has 138 valence electrons. The maximum absolute atomic E-state index is 11.9. The largest absolute Gasteiger partial charge is 0.872 e. The molecule has 1 aromatic heterocycles. The molecule has 2 N–H and O–H groups in total. The van der Waals surface area contributed by atoms with E-state index >= 15 is 0 Å². The Morgan fingerprint density at radius 1 is 1.31 bits per heavy atom. The van der Waals surface area contributed by atoms with Crippen LogP contribution < -0.4 is 14.9 Å². The number of hydrogen-bond acceptors (Lipinski definition) is 5. The number of hydrogen-bond donors (Lipinski definition) is 2. The number of thiophene rings is 1. The van der Waals surface area contributed by atoms with E-state index in [1.807, 2.05) is 6.07 Å². The molecule has 0 saturated carbocycles. The van der Waals surface area contributed by atoms with E-state index in [0.29, 0.717) is 6.54 Å². The lowest BCUT2D eigenvalue weighted by Gasteiger charge is -2.32. The van der Waals surface area contributed by atoms with Crippen LogP contribution in [0.15, 0.2) is 40.7 Å². The van der Waals surface area contributed by atoms with E-state index in [4.69, 9.17) is 0 Å². The molecule has 0 unspecified atom stereocenters. The summed E-state index contributed by atoms with van der Waals surface area (Å²) in [7, 11) is 2.22. The number of nitrogens with zero attached hydrogens (tertiary/aromatic N) is 2. The van der Waals surface area contributed by atoms with Gasteiger partial charge in [-0.1, -0.05) is 17.9 Å². The molecule has 1 saturated heterocycles. The van der Waals surface area contributed by atoms with Gasteiger partial charge in [0.2, 0.25) is 0 Å². The SMILES string of the molecule is C[NH+]1CC[NH+]([C@@H](CN=Cc2cc([N+](=O)[O-])ccc2[O-])c2cccs2)CC1. The van der Waals surface area contributed by atoms with Crippen molar-refractivity contribution in [3.63, 3.8) is 0 Å². The Balaban J connectivity index is 1.75. The van der Waals surface area contributed by atoms with Crippen LogP contribution in [-0.4, -0.2) is 50.9 Å². The average molecular weight is 375 g/mol. The summed E-state index contributed by atoms with van der Waals surface area (Å²) in [6.45, 7) is 5.02. The summed E-state index contributed by atoms with van der Waals surface area (Å²) in [6.07, 6.45) is 1.48. The van der Waals surface area contributed by atoms with E-state index in [2.05, 4.69) is 23.5 Å². The minimum absolute atomic E-state index is 0.0893. The van der Waals surface area contributed by atoms with Gasteiger partial charge in [0.05, 0.1) is 23.4 Å². The fraction of sp³-hybridized carbons (Fsp3) is 0.389. The maximum Gasteiger partial charge on any atom is 0.270 e. The summed E-state index contributed by atoms with van der Waals surface area (Å²) in [4.78, 5) is 19.2. The van der Waals surface area contributed by atoms with Crippen LogP contribution in [0.2, 0.25) is 0 Å². The second-order valence-electron chi connectivity index (χ2n) is 6.66. The van der Waals surface area contributed by atoms with Gasteiger partial charge in [-0.05, 0) is 17.0 Å². The van der Waals surface area contributed by atoms with Crippen LogP contribution in [-0.2, 0) is 0 Å². The quantitative estimate of drug-likeness (QED) is 0.398. The van der Waals surface area contributed by atoms with E-state index in [1.54, 1.807) is 16.2 Å². The topological polar surface area (TPSA) is 87.4 Å². The highest BCUT2D eigenvalue weighted by Crippen LogP contribution is 2.20. The molecule has 2 heterocycles. The number of benzene rings is 1. The van der Waals surface area contributed by atoms with Gasteiger partial charge in [0.25, 0.3) is 5.69 Å². The molecule has 0 bridgehead atoms. The molecule has 8 heteroatoms. The average Bonchev–Trinajstić information content (AvgIpc) is 3.15. The number of nitro benzene ring substituents is 1. The van der Waals surface area contributed by atoms with Crippen molar-refractivity contribution in [1.29, 1.82) is 0 Å². The number of piperazine rings is 1. The summed E-state index contributed by atoms with van der Waals surface area (Å²) in [5.74, 6) is -0.248. The van der Waals surface area contributed by atoms with Crippen LogP contribution >= 0.6 is 11.3 Å². The third kappa shape index (κ3) is 4.46. The highest BCUT2D eigenvalue weighted by atomic mass is 32.1. The molecule has 2 aromatic rings. The van der Waals surface area contributed by atoms with Crippen LogP contribution in [0.1, 0.15) is 16.5 Å². The predicted octanol–water partition coefficient (Wildman–Crippen LogP) is -0.697. The fourth-order valence-corrected chi connectivity index (χ4v) is 4.14. The Morgan fingerprint density at radius 3 is 2.73 bits per heavy atom. The van der Waals surface area contributed by atoms with Gasteiger partial charge in [0, 0.05) is 18.3 Å². The van der Waals surface area contributed by atoms with Crippen LogP contribution in [0.5, 0.6) is 5.75 Å². The standard InChI is InChI=1S/C18H22N4O3S/c1-20-6-8-21(9-7-20)16(18-3-2-10-26-18)13-19-12-14-11-15(22(24)25)4-5-17(14)23/h2-5,10-12,16,23H,6-9,13H2,1H3/p+1/t16-/m0/s1. The molecule has 3 rings (SSSR count). The van der Waals surface area contributed by atoms with Gasteiger partial charge >= 0.3 is 0 Å². The number of aliphatic imine (C=N–C) groups is 1. The molecule has 1 fully saturated rings. The minimum atomic E-state index is -0.498. The molecule has 0 spiro atoms.